The first-order valence-electron chi connectivity index (χ1n) is 13.4. The van der Waals surface area contributed by atoms with Crippen LogP contribution in [0.4, 0.5) is 30.6 Å². The van der Waals surface area contributed by atoms with Gasteiger partial charge in [-0.2, -0.15) is 13.2 Å². The molecule has 0 unspecified atom stereocenters. The summed E-state index contributed by atoms with van der Waals surface area (Å²) in [7, 11) is -3.46. The summed E-state index contributed by atoms with van der Waals surface area (Å²) >= 11 is 0. The SMILES string of the molecule is C[C@@H]1CN(c2ncnc3c2C(C)(C)CN3c2cn3c(C(F)(F)F)cnc3cn2)[C@@H](C)CN1C(=O)[C@@]1(C)CCS1(=O)=O. The standard InChI is InChI=1S/C26H31F3N8O3S/c1-15-11-35(23(38)25(5)6-7-41(25,39)40)16(2)10-34(15)21-20-22(33-14-32-21)37(13-24(20,3)4)19-12-36-17(26(27,28)29)8-30-18(36)9-31-19/h8-9,12,14-16H,6-7,10-11,13H2,1-5H3/t15-,16+,25+/m0/s1. The van der Waals surface area contributed by atoms with Crippen LogP contribution in [0.1, 0.15) is 52.3 Å². The predicted molar refractivity (Wildman–Crippen MR) is 145 cm³/mol. The number of amides is 1. The number of aromatic nitrogens is 5. The van der Waals surface area contributed by atoms with Crippen molar-refractivity contribution in [3.05, 3.63) is 36.2 Å². The summed E-state index contributed by atoms with van der Waals surface area (Å²) in [5, 5.41) is 0. The first-order valence-corrected chi connectivity index (χ1v) is 15.0. The summed E-state index contributed by atoms with van der Waals surface area (Å²) in [6, 6.07) is -0.455. The van der Waals surface area contributed by atoms with E-state index in [9.17, 15) is 26.4 Å². The fraction of sp³-hybridized carbons (Fsp3) is 0.577. The highest BCUT2D eigenvalue weighted by Gasteiger charge is 2.57. The number of carbonyl (C=O) groups is 1. The maximum Gasteiger partial charge on any atom is 0.433 e. The van der Waals surface area contributed by atoms with Crippen LogP contribution in [-0.2, 0) is 26.2 Å². The number of nitrogens with zero attached hydrogens (tertiary/aromatic N) is 8. The number of carbonyl (C=O) groups excluding carboxylic acids is 1. The van der Waals surface area contributed by atoms with Gasteiger partial charge in [-0.25, -0.2) is 28.4 Å². The molecule has 1 amide bonds. The van der Waals surface area contributed by atoms with E-state index < -0.39 is 31.9 Å². The van der Waals surface area contributed by atoms with Crippen LogP contribution in [0.5, 0.6) is 0 Å². The summed E-state index contributed by atoms with van der Waals surface area (Å²) in [6.45, 7) is 10.6. The maximum atomic E-state index is 13.6. The maximum absolute atomic E-state index is 13.6. The van der Waals surface area contributed by atoms with Gasteiger partial charge in [0.1, 0.15) is 28.4 Å². The van der Waals surface area contributed by atoms with E-state index in [4.69, 9.17) is 0 Å². The molecule has 3 aromatic rings. The third-order valence-corrected chi connectivity index (χ3v) is 11.2. The Morgan fingerprint density at radius 2 is 1.71 bits per heavy atom. The van der Waals surface area contributed by atoms with Crippen LogP contribution < -0.4 is 9.80 Å². The quantitative estimate of drug-likeness (QED) is 0.453. The van der Waals surface area contributed by atoms with Crippen molar-refractivity contribution in [2.45, 2.75) is 69.5 Å². The molecule has 2 saturated heterocycles. The molecule has 220 valence electrons. The van der Waals surface area contributed by atoms with Crippen molar-refractivity contribution in [3.63, 3.8) is 0 Å². The van der Waals surface area contributed by atoms with Crippen LogP contribution >= 0.6 is 0 Å². The number of anilines is 3. The van der Waals surface area contributed by atoms with E-state index in [1.807, 2.05) is 27.7 Å². The molecule has 0 spiro atoms. The molecule has 41 heavy (non-hydrogen) atoms. The van der Waals surface area contributed by atoms with Gasteiger partial charge in [0.05, 0.1) is 24.3 Å². The van der Waals surface area contributed by atoms with E-state index in [2.05, 4.69) is 24.8 Å². The molecular formula is C26H31F3N8O3S. The number of imidazole rings is 1. The summed E-state index contributed by atoms with van der Waals surface area (Å²) in [5.41, 5.74) is -0.469. The number of piperazine rings is 1. The molecule has 15 heteroatoms. The van der Waals surface area contributed by atoms with Gasteiger partial charge in [0.25, 0.3) is 0 Å². The molecular weight excluding hydrogens is 561 g/mol. The zero-order chi connectivity index (χ0) is 29.7. The Morgan fingerprint density at radius 1 is 1.00 bits per heavy atom. The van der Waals surface area contributed by atoms with Crippen LogP contribution in [0.15, 0.2) is 24.9 Å². The molecule has 6 heterocycles. The molecule has 0 bridgehead atoms. The van der Waals surface area contributed by atoms with Gasteiger partial charge in [-0.3, -0.25) is 9.20 Å². The zero-order valence-electron chi connectivity index (χ0n) is 23.3. The van der Waals surface area contributed by atoms with E-state index in [-0.39, 0.29) is 29.4 Å². The molecule has 0 N–H and O–H groups in total. The second-order valence-electron chi connectivity index (χ2n) is 12.1. The van der Waals surface area contributed by atoms with Crippen LogP contribution in [-0.4, -0.2) is 85.8 Å². The summed E-state index contributed by atoms with van der Waals surface area (Å²) < 4.78 is 65.2. The average Bonchev–Trinajstić information content (AvgIpc) is 3.46. The fourth-order valence-electron chi connectivity index (χ4n) is 6.19. The molecule has 3 aliphatic rings. The molecule has 0 saturated carbocycles. The van der Waals surface area contributed by atoms with Crippen molar-refractivity contribution < 1.29 is 26.4 Å². The highest BCUT2D eigenvalue weighted by atomic mass is 32.2. The molecule has 2 fully saturated rings. The fourth-order valence-corrected chi connectivity index (χ4v) is 7.72. The Bertz CT molecular complexity index is 1670. The minimum atomic E-state index is -4.58. The molecule has 6 rings (SSSR count). The van der Waals surface area contributed by atoms with Crippen molar-refractivity contribution in [2.75, 3.05) is 35.2 Å². The lowest BCUT2D eigenvalue weighted by Gasteiger charge is -2.49. The van der Waals surface area contributed by atoms with E-state index >= 15 is 0 Å². The van der Waals surface area contributed by atoms with Crippen molar-refractivity contribution in [2.24, 2.45) is 0 Å². The monoisotopic (exact) mass is 592 g/mol. The summed E-state index contributed by atoms with van der Waals surface area (Å²) in [6.07, 6.45) is 0.587. The van der Waals surface area contributed by atoms with Crippen LogP contribution in [0.25, 0.3) is 5.65 Å². The second-order valence-corrected chi connectivity index (χ2v) is 14.6. The first-order chi connectivity index (χ1) is 19.0. The Balaban J connectivity index is 1.34. The van der Waals surface area contributed by atoms with Gasteiger partial charge in [0.2, 0.25) is 5.91 Å². The first kappa shape index (κ1) is 27.7. The van der Waals surface area contributed by atoms with Crippen molar-refractivity contribution in [1.82, 2.24) is 29.2 Å². The molecule has 11 nitrogen and oxygen atoms in total. The molecule has 0 radical (unpaired) electrons. The second kappa shape index (κ2) is 8.76. The zero-order valence-corrected chi connectivity index (χ0v) is 24.2. The minimum absolute atomic E-state index is 0.0257. The summed E-state index contributed by atoms with van der Waals surface area (Å²) in [4.78, 5) is 36.4. The molecule has 0 aliphatic carbocycles. The van der Waals surface area contributed by atoms with E-state index in [0.29, 0.717) is 43.5 Å². The smallest absolute Gasteiger partial charge is 0.350 e. The molecule has 3 aliphatic heterocycles. The number of hydrogen-bond acceptors (Lipinski definition) is 9. The Morgan fingerprint density at radius 3 is 2.34 bits per heavy atom. The van der Waals surface area contributed by atoms with Crippen molar-refractivity contribution in [1.29, 1.82) is 0 Å². The van der Waals surface area contributed by atoms with E-state index in [0.717, 1.165) is 16.2 Å². The highest BCUT2D eigenvalue weighted by molar-refractivity contribution is 7.95. The van der Waals surface area contributed by atoms with Gasteiger partial charge in [-0.15, -0.1) is 0 Å². The molecule has 3 aromatic heterocycles. The van der Waals surface area contributed by atoms with E-state index in [1.165, 1.54) is 25.6 Å². The van der Waals surface area contributed by atoms with Gasteiger partial charge in [-0.05, 0) is 27.2 Å². The number of hydrogen-bond donors (Lipinski definition) is 0. The largest absolute Gasteiger partial charge is 0.433 e. The lowest BCUT2D eigenvalue weighted by atomic mass is 9.87. The van der Waals surface area contributed by atoms with Crippen LogP contribution in [0, 0.1) is 0 Å². The predicted octanol–water partition coefficient (Wildman–Crippen LogP) is 2.97. The number of sulfone groups is 1. The number of rotatable bonds is 3. The third kappa shape index (κ3) is 4.06. The number of alkyl halides is 3. The Kier molecular flexibility index (Phi) is 5.91. The van der Waals surface area contributed by atoms with Gasteiger partial charge < -0.3 is 14.7 Å². The Hall–Kier alpha value is -3.49. The average molecular weight is 593 g/mol. The van der Waals surface area contributed by atoms with Gasteiger partial charge in [-0.1, -0.05) is 13.8 Å². The summed E-state index contributed by atoms with van der Waals surface area (Å²) in [5.74, 6) is 1.19. The van der Waals surface area contributed by atoms with Crippen molar-refractivity contribution in [3.8, 4) is 0 Å². The van der Waals surface area contributed by atoms with Crippen LogP contribution in [0.3, 0.4) is 0 Å². The normalized spacial score (nSPS) is 27.2. The lowest BCUT2D eigenvalue weighted by molar-refractivity contribution is -0.141. The van der Waals surface area contributed by atoms with Gasteiger partial charge in [0, 0.05) is 42.7 Å². The van der Waals surface area contributed by atoms with Gasteiger partial charge in [0.15, 0.2) is 21.3 Å². The van der Waals surface area contributed by atoms with Crippen molar-refractivity contribution >= 4 is 38.8 Å². The topological polar surface area (TPSA) is 117 Å². The number of halogens is 3. The minimum Gasteiger partial charge on any atom is -0.350 e. The van der Waals surface area contributed by atoms with Gasteiger partial charge >= 0.3 is 6.18 Å². The van der Waals surface area contributed by atoms with Crippen LogP contribution in [0.2, 0.25) is 0 Å². The Labute approximate surface area is 235 Å². The lowest BCUT2D eigenvalue weighted by Crippen LogP contribution is -2.66. The molecule has 3 atom stereocenters. The number of fused-ring (bicyclic) bond motifs is 2. The highest BCUT2D eigenvalue weighted by Crippen LogP contribution is 2.47. The molecule has 0 aromatic carbocycles. The van der Waals surface area contributed by atoms with E-state index in [1.54, 1.807) is 9.80 Å². The third-order valence-electron chi connectivity index (χ3n) is 8.75.